The van der Waals surface area contributed by atoms with Gasteiger partial charge in [0.25, 0.3) is 6.47 Å². The van der Waals surface area contributed by atoms with E-state index in [-0.39, 0.29) is 18.4 Å². The molecule has 0 saturated carbocycles. The smallest absolute Gasteiger partial charge is 0.308 e. The number of morpholine rings is 1. The number of nitrogens with zero attached hydrogens (tertiary/aromatic N) is 1. The molecule has 7 heteroatoms. The SMILES string of the molecule is CC(C)(C)C(=O)O.CC(C)(C)OC=O.OC[C@H]1C2OCCN21. The molecule has 7 nitrogen and oxygen atoms in total. The predicted octanol–water partition coefficient (Wildman–Crippen LogP) is 1.09. The topological polar surface area (TPSA) is 96.1 Å². The quantitative estimate of drug-likeness (QED) is 0.581. The molecule has 0 aromatic rings. The molecule has 22 heavy (non-hydrogen) atoms. The number of aliphatic hydroxyl groups is 1. The van der Waals surface area contributed by atoms with Gasteiger partial charge in [0.15, 0.2) is 0 Å². The van der Waals surface area contributed by atoms with Crippen molar-refractivity contribution in [2.24, 2.45) is 5.41 Å². The Kier molecular flexibility index (Phi) is 8.00. The number of rotatable bonds is 2. The molecule has 130 valence electrons. The van der Waals surface area contributed by atoms with E-state index in [4.69, 9.17) is 14.9 Å². The van der Waals surface area contributed by atoms with Gasteiger partial charge < -0.3 is 19.7 Å². The average molecular weight is 319 g/mol. The molecule has 2 rings (SSSR count). The Morgan fingerprint density at radius 2 is 1.82 bits per heavy atom. The van der Waals surface area contributed by atoms with Crippen molar-refractivity contribution in [3.05, 3.63) is 0 Å². The van der Waals surface area contributed by atoms with Gasteiger partial charge in [-0.1, -0.05) is 0 Å². The number of hydrogen-bond acceptors (Lipinski definition) is 6. The number of ether oxygens (including phenoxy) is 2. The Labute approximate surface area is 132 Å². The largest absolute Gasteiger partial charge is 0.481 e. The second-order valence-electron chi connectivity index (χ2n) is 7.13. The van der Waals surface area contributed by atoms with Gasteiger partial charge in [0.05, 0.1) is 24.7 Å². The summed E-state index contributed by atoms with van der Waals surface area (Å²) in [6.07, 6.45) is 0.278. The van der Waals surface area contributed by atoms with Gasteiger partial charge >= 0.3 is 5.97 Å². The summed E-state index contributed by atoms with van der Waals surface area (Å²) in [6.45, 7) is 13.0. The lowest BCUT2D eigenvalue weighted by Crippen LogP contribution is -2.18. The lowest BCUT2D eigenvalue weighted by Gasteiger charge is -2.14. The van der Waals surface area contributed by atoms with Crippen molar-refractivity contribution in [1.29, 1.82) is 0 Å². The van der Waals surface area contributed by atoms with Crippen LogP contribution in [-0.4, -0.2) is 65.2 Å². The van der Waals surface area contributed by atoms with Crippen LogP contribution in [0.5, 0.6) is 0 Å². The third-order valence-corrected chi connectivity index (χ3v) is 2.86. The highest BCUT2D eigenvalue weighted by atomic mass is 16.5. The second kappa shape index (κ2) is 8.45. The van der Waals surface area contributed by atoms with Gasteiger partial charge in [-0.3, -0.25) is 14.5 Å². The Morgan fingerprint density at radius 1 is 1.32 bits per heavy atom. The van der Waals surface area contributed by atoms with E-state index in [1.807, 2.05) is 20.8 Å². The Bertz CT molecular complexity index is 341. The maximum atomic E-state index is 10.0. The minimum atomic E-state index is -0.757. The van der Waals surface area contributed by atoms with E-state index in [0.29, 0.717) is 12.5 Å². The zero-order chi connectivity index (χ0) is 17.6. The van der Waals surface area contributed by atoms with E-state index < -0.39 is 11.4 Å². The molecule has 2 fully saturated rings. The van der Waals surface area contributed by atoms with Crippen LogP contribution >= 0.6 is 0 Å². The first-order chi connectivity index (χ1) is 9.94. The van der Waals surface area contributed by atoms with Crippen LogP contribution in [0.3, 0.4) is 0 Å². The van der Waals surface area contributed by atoms with Gasteiger partial charge in [-0.2, -0.15) is 0 Å². The number of carbonyl (C=O) groups is 2. The standard InChI is InChI=1S/C5H9NO2.2C5H10O2/c7-3-4-5-6(4)1-2-8-5;1-5(2,3)7-4-6;1-5(2,3)4(6)7/h4-5,7H,1-3H2;4H,1-3H3;1-3H3,(H,6,7)/t4-,5?,6?;;/m0../s1. The fourth-order valence-corrected chi connectivity index (χ4v) is 1.42. The molecule has 0 amide bonds. The summed E-state index contributed by atoms with van der Waals surface area (Å²) in [5, 5.41) is 16.8. The van der Waals surface area contributed by atoms with E-state index in [1.54, 1.807) is 20.8 Å². The molecule has 2 N–H and O–H groups in total. The van der Waals surface area contributed by atoms with Crippen molar-refractivity contribution in [2.45, 2.75) is 59.4 Å². The molecular formula is C15H29NO6. The molecule has 0 bridgehead atoms. The molecule has 2 aliphatic rings. The van der Waals surface area contributed by atoms with Crippen molar-refractivity contribution in [1.82, 2.24) is 4.90 Å². The molecule has 0 radical (unpaired) electrons. The third-order valence-electron chi connectivity index (χ3n) is 2.86. The molecule has 0 spiro atoms. The van der Waals surface area contributed by atoms with Gasteiger partial charge in [0, 0.05) is 6.54 Å². The number of carboxylic acids is 1. The Balaban J connectivity index is 0.000000303. The van der Waals surface area contributed by atoms with Crippen molar-refractivity contribution in [3.8, 4) is 0 Å². The molecule has 2 unspecified atom stereocenters. The fraction of sp³-hybridized carbons (Fsp3) is 0.867. The van der Waals surface area contributed by atoms with Crippen molar-refractivity contribution in [2.75, 3.05) is 19.8 Å². The first kappa shape index (κ1) is 20.8. The molecule has 0 aromatic carbocycles. The highest BCUT2D eigenvalue weighted by Crippen LogP contribution is 2.32. The van der Waals surface area contributed by atoms with E-state index in [9.17, 15) is 9.59 Å². The average Bonchev–Trinajstić information content (AvgIpc) is 2.78. The van der Waals surface area contributed by atoms with E-state index in [0.717, 1.165) is 13.2 Å². The first-order valence-corrected chi connectivity index (χ1v) is 7.27. The summed E-state index contributed by atoms with van der Waals surface area (Å²) in [6, 6.07) is 0.337. The molecule has 0 aromatic heterocycles. The number of aliphatic carboxylic acids is 1. The summed E-state index contributed by atoms with van der Waals surface area (Å²) in [7, 11) is 0. The summed E-state index contributed by atoms with van der Waals surface area (Å²) in [5.41, 5.74) is -0.901. The van der Waals surface area contributed by atoms with Gasteiger partial charge in [-0.25, -0.2) is 0 Å². The zero-order valence-corrected chi connectivity index (χ0v) is 14.3. The number of carbonyl (C=O) groups excluding carboxylic acids is 1. The zero-order valence-electron chi connectivity index (χ0n) is 14.3. The van der Waals surface area contributed by atoms with Crippen LogP contribution < -0.4 is 0 Å². The molecule has 2 aliphatic heterocycles. The summed E-state index contributed by atoms with van der Waals surface area (Å²) >= 11 is 0. The van der Waals surface area contributed by atoms with E-state index >= 15 is 0 Å². The molecule has 0 aliphatic carbocycles. The number of aliphatic hydroxyl groups excluding tert-OH is 1. The van der Waals surface area contributed by atoms with Crippen molar-refractivity contribution >= 4 is 12.4 Å². The van der Waals surface area contributed by atoms with Crippen molar-refractivity contribution in [3.63, 3.8) is 0 Å². The predicted molar refractivity (Wildman–Crippen MR) is 81.3 cm³/mol. The maximum absolute atomic E-state index is 10.0. The van der Waals surface area contributed by atoms with Gasteiger partial charge in [0.2, 0.25) is 0 Å². The molecule has 2 saturated heterocycles. The monoisotopic (exact) mass is 319 g/mol. The Morgan fingerprint density at radius 3 is 1.95 bits per heavy atom. The first-order valence-electron chi connectivity index (χ1n) is 7.27. The highest BCUT2D eigenvalue weighted by Gasteiger charge is 2.51. The van der Waals surface area contributed by atoms with Crippen molar-refractivity contribution < 1.29 is 29.3 Å². The summed E-state index contributed by atoms with van der Waals surface area (Å²) in [4.78, 5) is 21.8. The number of carboxylic acid groups (broad SMARTS) is 1. The van der Waals surface area contributed by atoms with Gasteiger partial charge in [-0.05, 0) is 41.5 Å². The summed E-state index contributed by atoms with van der Waals surface area (Å²) in [5.74, 6) is -0.757. The van der Waals surface area contributed by atoms with Crippen LogP contribution in [0, 0.1) is 5.41 Å². The normalized spacial score (nSPS) is 25.7. The molecular weight excluding hydrogens is 290 g/mol. The van der Waals surface area contributed by atoms with E-state index in [1.165, 1.54) is 0 Å². The fourth-order valence-electron chi connectivity index (χ4n) is 1.42. The van der Waals surface area contributed by atoms with Crippen LogP contribution in [-0.2, 0) is 19.1 Å². The minimum Gasteiger partial charge on any atom is -0.481 e. The lowest BCUT2D eigenvalue weighted by molar-refractivity contribution is -0.145. The van der Waals surface area contributed by atoms with Crippen LogP contribution in [0.25, 0.3) is 0 Å². The van der Waals surface area contributed by atoms with Gasteiger partial charge in [0.1, 0.15) is 11.8 Å². The number of fused-ring (bicyclic) bond motifs is 1. The number of hydrogen-bond donors (Lipinski definition) is 2. The van der Waals surface area contributed by atoms with Crippen LogP contribution in [0.2, 0.25) is 0 Å². The highest BCUT2D eigenvalue weighted by molar-refractivity contribution is 5.72. The van der Waals surface area contributed by atoms with Gasteiger partial charge in [-0.15, -0.1) is 0 Å². The molecule has 2 heterocycles. The van der Waals surface area contributed by atoms with Crippen LogP contribution in [0.4, 0.5) is 0 Å². The third kappa shape index (κ3) is 8.31. The molecule has 3 atom stereocenters. The second-order valence-corrected chi connectivity index (χ2v) is 7.13. The Hall–Kier alpha value is -1.18. The van der Waals surface area contributed by atoms with Crippen LogP contribution in [0.15, 0.2) is 0 Å². The summed E-state index contributed by atoms with van der Waals surface area (Å²) < 4.78 is 9.74. The minimum absolute atomic E-state index is 0.255. The lowest BCUT2D eigenvalue weighted by atomic mass is 9.98. The van der Waals surface area contributed by atoms with Crippen LogP contribution in [0.1, 0.15) is 41.5 Å². The van der Waals surface area contributed by atoms with E-state index in [2.05, 4.69) is 9.64 Å². The maximum Gasteiger partial charge on any atom is 0.308 e.